The highest BCUT2D eigenvalue weighted by Gasteiger charge is 2.37. The van der Waals surface area contributed by atoms with Gasteiger partial charge in [-0.05, 0) is 66.2 Å². The molecule has 0 atom stereocenters. The Morgan fingerprint density at radius 2 is 1.40 bits per heavy atom. The molecule has 1 fully saturated rings. The third kappa shape index (κ3) is 3.25. The fourth-order valence-electron chi connectivity index (χ4n) is 2.52. The van der Waals surface area contributed by atoms with E-state index in [1.165, 1.54) is 4.90 Å². The van der Waals surface area contributed by atoms with Gasteiger partial charge < -0.3 is 9.47 Å². The minimum atomic E-state index is -0.312. The van der Waals surface area contributed by atoms with E-state index in [-0.39, 0.29) is 11.1 Å². The van der Waals surface area contributed by atoms with Crippen molar-refractivity contribution in [2.45, 2.75) is 6.92 Å². The van der Waals surface area contributed by atoms with Crippen LogP contribution in [-0.4, -0.2) is 25.4 Å². The van der Waals surface area contributed by atoms with Crippen molar-refractivity contribution in [1.82, 2.24) is 0 Å². The molecular formula is C19H17NO4S. The minimum absolute atomic E-state index is 0.307. The molecule has 1 heterocycles. The van der Waals surface area contributed by atoms with Crippen molar-refractivity contribution in [1.29, 1.82) is 0 Å². The summed E-state index contributed by atoms with van der Waals surface area (Å²) >= 11 is 0.954. The van der Waals surface area contributed by atoms with Crippen LogP contribution < -0.4 is 14.4 Å². The van der Waals surface area contributed by atoms with Gasteiger partial charge in [-0.2, -0.15) is 0 Å². The lowest BCUT2D eigenvalue weighted by Crippen LogP contribution is -2.27. The average molecular weight is 355 g/mol. The van der Waals surface area contributed by atoms with E-state index < -0.39 is 0 Å². The van der Waals surface area contributed by atoms with Gasteiger partial charge in [-0.25, -0.2) is 4.90 Å². The number of imide groups is 1. The second-order valence-corrected chi connectivity index (χ2v) is 6.35. The highest BCUT2D eigenvalue weighted by Crippen LogP contribution is 2.39. The van der Waals surface area contributed by atoms with E-state index in [1.807, 2.05) is 31.2 Å². The molecule has 6 heteroatoms. The van der Waals surface area contributed by atoms with Crippen molar-refractivity contribution in [2.75, 3.05) is 19.1 Å². The zero-order valence-corrected chi connectivity index (χ0v) is 14.9. The Morgan fingerprint density at radius 3 is 1.92 bits per heavy atom. The van der Waals surface area contributed by atoms with Crippen LogP contribution in [0.1, 0.15) is 12.5 Å². The number of amides is 2. The van der Waals surface area contributed by atoms with Crippen LogP contribution in [0.2, 0.25) is 0 Å². The molecule has 0 spiro atoms. The second kappa shape index (κ2) is 7.03. The number of ether oxygens (including phenoxy) is 2. The van der Waals surface area contributed by atoms with Crippen molar-refractivity contribution in [2.24, 2.45) is 0 Å². The lowest BCUT2D eigenvalue weighted by atomic mass is 10.1. The van der Waals surface area contributed by atoms with E-state index in [4.69, 9.17) is 9.47 Å². The van der Waals surface area contributed by atoms with Gasteiger partial charge in [-0.15, -0.1) is 0 Å². The molecule has 5 nitrogen and oxygen atoms in total. The summed E-state index contributed by atoms with van der Waals surface area (Å²) in [5.74, 6) is 1.09. The second-order valence-electron chi connectivity index (χ2n) is 5.39. The molecule has 0 bridgehead atoms. The largest absolute Gasteiger partial charge is 0.497 e. The molecule has 25 heavy (non-hydrogen) atoms. The number of rotatable bonds is 4. The maximum absolute atomic E-state index is 12.8. The topological polar surface area (TPSA) is 55.8 Å². The molecule has 0 aromatic heterocycles. The van der Waals surface area contributed by atoms with Crippen LogP contribution in [0.25, 0.3) is 5.57 Å². The van der Waals surface area contributed by atoms with Crippen LogP contribution in [0.15, 0.2) is 53.4 Å². The molecule has 1 aliphatic heterocycles. The van der Waals surface area contributed by atoms with Gasteiger partial charge in [0.15, 0.2) is 0 Å². The van der Waals surface area contributed by atoms with Gasteiger partial charge in [0.2, 0.25) is 0 Å². The predicted molar refractivity (Wildman–Crippen MR) is 99.1 cm³/mol. The maximum atomic E-state index is 12.8. The number of thioether (sulfide) groups is 1. The number of allylic oxidation sites excluding steroid dienone is 1. The maximum Gasteiger partial charge on any atom is 0.298 e. The zero-order valence-electron chi connectivity index (χ0n) is 14.1. The summed E-state index contributed by atoms with van der Waals surface area (Å²) in [5, 5.41) is -0.307. The van der Waals surface area contributed by atoms with E-state index in [1.54, 1.807) is 38.5 Å². The van der Waals surface area contributed by atoms with Crippen LogP contribution in [0.4, 0.5) is 10.5 Å². The average Bonchev–Trinajstić information content (AvgIpc) is 2.95. The molecule has 0 saturated carbocycles. The molecule has 0 radical (unpaired) electrons. The fraction of sp³-hybridized carbons (Fsp3) is 0.158. The lowest BCUT2D eigenvalue weighted by molar-refractivity contribution is -0.113. The summed E-state index contributed by atoms with van der Waals surface area (Å²) in [6, 6.07) is 14.2. The third-order valence-electron chi connectivity index (χ3n) is 3.96. The van der Waals surface area contributed by atoms with Gasteiger partial charge in [-0.1, -0.05) is 12.1 Å². The normalized spacial score (nSPS) is 16.2. The van der Waals surface area contributed by atoms with Crippen LogP contribution in [-0.2, 0) is 4.79 Å². The number of anilines is 1. The highest BCUT2D eigenvalue weighted by molar-refractivity contribution is 8.19. The molecule has 128 valence electrons. The minimum Gasteiger partial charge on any atom is -0.497 e. The number of benzene rings is 2. The molecule has 2 aromatic rings. The molecule has 3 rings (SSSR count). The van der Waals surface area contributed by atoms with Gasteiger partial charge >= 0.3 is 0 Å². The van der Waals surface area contributed by atoms with Crippen molar-refractivity contribution in [3.05, 3.63) is 59.0 Å². The first-order valence-corrected chi connectivity index (χ1v) is 8.42. The Bertz CT molecular complexity index is 841. The van der Waals surface area contributed by atoms with Crippen LogP contribution in [0.5, 0.6) is 11.5 Å². The summed E-state index contributed by atoms with van der Waals surface area (Å²) in [4.78, 5) is 26.8. The van der Waals surface area contributed by atoms with Crippen LogP contribution in [0, 0.1) is 0 Å². The summed E-state index contributed by atoms with van der Waals surface area (Å²) in [7, 11) is 3.16. The molecular weight excluding hydrogens is 338 g/mol. The first-order valence-electron chi connectivity index (χ1n) is 7.60. The molecule has 0 aliphatic carbocycles. The Morgan fingerprint density at radius 1 is 0.880 bits per heavy atom. The predicted octanol–water partition coefficient (Wildman–Crippen LogP) is 4.33. The number of methoxy groups -OCH3 is 2. The van der Waals surface area contributed by atoms with Gasteiger partial charge in [-0.3, -0.25) is 9.59 Å². The van der Waals surface area contributed by atoms with Crippen molar-refractivity contribution in [3.8, 4) is 11.5 Å². The summed E-state index contributed by atoms with van der Waals surface area (Å²) in [5.41, 5.74) is 2.17. The molecule has 2 amide bonds. The number of hydrogen-bond donors (Lipinski definition) is 0. The van der Waals surface area contributed by atoms with E-state index in [0.717, 1.165) is 28.6 Å². The van der Waals surface area contributed by atoms with E-state index in [2.05, 4.69) is 0 Å². The number of carbonyl (C=O) groups is 2. The quantitative estimate of drug-likeness (QED) is 0.764. The smallest absolute Gasteiger partial charge is 0.298 e. The Labute approximate surface area is 150 Å². The Hall–Kier alpha value is -2.73. The number of carbonyl (C=O) groups excluding carboxylic acids is 2. The van der Waals surface area contributed by atoms with Gasteiger partial charge in [0.25, 0.3) is 11.1 Å². The summed E-state index contributed by atoms with van der Waals surface area (Å²) < 4.78 is 10.3. The first-order chi connectivity index (χ1) is 12.0. The molecule has 2 aromatic carbocycles. The van der Waals surface area contributed by atoms with Crippen molar-refractivity contribution < 1.29 is 19.1 Å². The Kier molecular flexibility index (Phi) is 4.81. The molecule has 1 saturated heterocycles. The van der Waals surface area contributed by atoms with E-state index >= 15 is 0 Å². The molecule has 0 N–H and O–H groups in total. The van der Waals surface area contributed by atoms with Crippen molar-refractivity contribution >= 4 is 34.2 Å². The monoisotopic (exact) mass is 355 g/mol. The van der Waals surface area contributed by atoms with Crippen molar-refractivity contribution in [3.63, 3.8) is 0 Å². The van der Waals surface area contributed by atoms with Gasteiger partial charge in [0.05, 0.1) is 24.8 Å². The zero-order chi connectivity index (χ0) is 18.0. The fourth-order valence-corrected chi connectivity index (χ4v) is 3.43. The van der Waals surface area contributed by atoms with E-state index in [0.29, 0.717) is 16.3 Å². The van der Waals surface area contributed by atoms with Crippen LogP contribution in [0.3, 0.4) is 0 Å². The van der Waals surface area contributed by atoms with Gasteiger partial charge in [0, 0.05) is 0 Å². The number of nitrogens with zero attached hydrogens (tertiary/aromatic N) is 1. The molecule has 0 unspecified atom stereocenters. The van der Waals surface area contributed by atoms with Crippen LogP contribution >= 0.6 is 11.8 Å². The summed E-state index contributed by atoms with van der Waals surface area (Å²) in [6.45, 7) is 1.84. The van der Waals surface area contributed by atoms with Gasteiger partial charge in [0.1, 0.15) is 11.5 Å². The Balaban J connectivity index is 1.93. The highest BCUT2D eigenvalue weighted by atomic mass is 32.2. The third-order valence-corrected chi connectivity index (χ3v) is 5.01. The SMILES string of the molecule is COc1ccc(/C(C)=C2\SC(=O)N(c3ccc(OC)cc3)C2=O)cc1. The molecule has 1 aliphatic rings. The lowest BCUT2D eigenvalue weighted by Gasteiger charge is -2.13. The summed E-state index contributed by atoms with van der Waals surface area (Å²) in [6.07, 6.45) is 0. The van der Waals surface area contributed by atoms with E-state index in [9.17, 15) is 9.59 Å². The first kappa shape index (κ1) is 17.1. The standard InChI is InChI=1S/C19H17NO4S/c1-12(13-4-8-15(23-2)9-5-13)17-18(21)20(19(22)25-17)14-6-10-16(24-3)11-7-14/h4-11H,1-3H3/b17-12-. The number of hydrogen-bond acceptors (Lipinski definition) is 5.